The first-order chi connectivity index (χ1) is 10.3. The lowest BCUT2D eigenvalue weighted by atomic mass is 9.51. The van der Waals surface area contributed by atoms with Crippen molar-refractivity contribution in [2.75, 3.05) is 0 Å². The highest BCUT2D eigenvalue weighted by molar-refractivity contribution is 6.77. The third kappa shape index (κ3) is 2.13. The molecule has 2 aromatic rings. The average molecular weight is 269 g/mol. The Balaban J connectivity index is 1.77. The largest absolute Gasteiger partial charge is 0.389 e. The molecule has 0 unspecified atom stereocenters. The fourth-order valence-corrected chi connectivity index (χ4v) is 3.07. The number of allylic oxidation sites excluding steroid dienone is 2. The number of rotatable bonds is 1. The van der Waals surface area contributed by atoms with Crippen molar-refractivity contribution in [3.63, 3.8) is 0 Å². The molecule has 0 atom stereocenters. The van der Waals surface area contributed by atoms with Crippen LogP contribution in [0.5, 0.6) is 0 Å². The maximum Gasteiger partial charge on any atom is 0.320 e. The molecule has 0 N–H and O–H groups in total. The van der Waals surface area contributed by atoms with Crippen molar-refractivity contribution in [1.29, 1.82) is 0 Å². The molecule has 0 spiro atoms. The summed E-state index contributed by atoms with van der Waals surface area (Å²) in [5.41, 5.74) is 6.53. The molecule has 2 heteroatoms. The summed E-state index contributed by atoms with van der Waals surface area (Å²) in [6, 6.07) is 17.3. The Morgan fingerprint density at radius 2 is 1.76 bits per heavy atom. The summed E-state index contributed by atoms with van der Waals surface area (Å²) >= 11 is 0. The van der Waals surface area contributed by atoms with Gasteiger partial charge in [0.1, 0.15) is 0 Å². The number of fused-ring (bicyclic) bond motifs is 3. The summed E-state index contributed by atoms with van der Waals surface area (Å²) < 4.78 is 0. The third-order valence-corrected chi connectivity index (χ3v) is 4.15. The van der Waals surface area contributed by atoms with Crippen molar-refractivity contribution in [1.82, 2.24) is 4.81 Å². The molecule has 0 radical (unpaired) electrons. The van der Waals surface area contributed by atoms with Gasteiger partial charge in [0.15, 0.2) is 0 Å². The van der Waals surface area contributed by atoms with Gasteiger partial charge in [0.25, 0.3) is 0 Å². The van der Waals surface area contributed by atoms with E-state index in [0.29, 0.717) is 6.85 Å². The topological polar surface area (TPSA) is 3.24 Å². The van der Waals surface area contributed by atoms with Crippen molar-refractivity contribution < 1.29 is 0 Å². The van der Waals surface area contributed by atoms with Crippen LogP contribution < -0.4 is 5.46 Å². The van der Waals surface area contributed by atoms with Gasteiger partial charge in [0.2, 0.25) is 0 Å². The number of benzene rings is 2. The Kier molecular flexibility index (Phi) is 2.82. The SMILES string of the molecule is CC1=CN2C=Cc3cc(-c4ccccc4)ccc3B2C=C1. The molecule has 0 fully saturated rings. The van der Waals surface area contributed by atoms with Crippen LogP contribution in [-0.2, 0) is 0 Å². The zero-order valence-corrected chi connectivity index (χ0v) is 12.0. The smallest absolute Gasteiger partial charge is 0.320 e. The average Bonchev–Trinajstić information content (AvgIpc) is 2.54. The maximum absolute atomic E-state index is 2.29. The molecule has 2 heterocycles. The van der Waals surface area contributed by atoms with E-state index in [1.165, 1.54) is 27.7 Å². The van der Waals surface area contributed by atoms with Gasteiger partial charge in [-0.05, 0) is 59.2 Å². The highest BCUT2D eigenvalue weighted by atomic mass is 15.0. The molecule has 0 saturated heterocycles. The van der Waals surface area contributed by atoms with E-state index in [-0.39, 0.29) is 0 Å². The highest BCUT2D eigenvalue weighted by Crippen LogP contribution is 2.24. The summed E-state index contributed by atoms with van der Waals surface area (Å²) in [5, 5.41) is 0. The van der Waals surface area contributed by atoms with Gasteiger partial charge in [-0.1, -0.05) is 54.5 Å². The van der Waals surface area contributed by atoms with Gasteiger partial charge in [0, 0.05) is 0 Å². The molecule has 100 valence electrons. The van der Waals surface area contributed by atoms with E-state index >= 15 is 0 Å². The number of nitrogens with zero attached hydrogens (tertiary/aromatic N) is 1. The van der Waals surface area contributed by atoms with Crippen molar-refractivity contribution in [2.45, 2.75) is 6.92 Å². The Morgan fingerprint density at radius 1 is 0.905 bits per heavy atom. The van der Waals surface area contributed by atoms with Gasteiger partial charge in [-0.3, -0.25) is 0 Å². The van der Waals surface area contributed by atoms with Crippen molar-refractivity contribution >= 4 is 18.4 Å². The summed E-state index contributed by atoms with van der Waals surface area (Å²) in [4.78, 5) is 2.28. The maximum atomic E-state index is 2.29. The van der Waals surface area contributed by atoms with Gasteiger partial charge in [0.05, 0.1) is 0 Å². The third-order valence-electron chi connectivity index (χ3n) is 4.15. The second kappa shape index (κ2) is 4.82. The number of hydrogen-bond donors (Lipinski definition) is 0. The fraction of sp³-hybridized carbons (Fsp3) is 0.0526. The fourth-order valence-electron chi connectivity index (χ4n) is 3.07. The first-order valence-electron chi connectivity index (χ1n) is 7.33. The summed E-state index contributed by atoms with van der Waals surface area (Å²) in [5.74, 6) is 2.28. The zero-order valence-electron chi connectivity index (χ0n) is 12.0. The molecule has 0 aromatic heterocycles. The van der Waals surface area contributed by atoms with Crippen LogP contribution >= 0.6 is 0 Å². The molecule has 0 aliphatic carbocycles. The second-order valence-electron chi connectivity index (χ2n) is 5.65. The zero-order chi connectivity index (χ0) is 14.2. The van der Waals surface area contributed by atoms with Crippen LogP contribution in [0, 0.1) is 0 Å². The van der Waals surface area contributed by atoms with Crippen LogP contribution in [-0.4, -0.2) is 11.7 Å². The quantitative estimate of drug-likeness (QED) is 0.711. The van der Waals surface area contributed by atoms with E-state index in [9.17, 15) is 0 Å². The molecule has 2 aliphatic rings. The molecule has 1 nitrogen and oxygen atoms in total. The van der Waals surface area contributed by atoms with Crippen molar-refractivity contribution in [2.24, 2.45) is 0 Å². The van der Waals surface area contributed by atoms with Crippen LogP contribution in [0.2, 0.25) is 0 Å². The van der Waals surface area contributed by atoms with E-state index in [2.05, 4.69) is 90.8 Å². The van der Waals surface area contributed by atoms with Crippen LogP contribution in [0.1, 0.15) is 12.5 Å². The van der Waals surface area contributed by atoms with Gasteiger partial charge < -0.3 is 4.81 Å². The lowest BCUT2D eigenvalue weighted by molar-refractivity contribution is 0.787. The minimum atomic E-state index is 0.332. The van der Waals surface area contributed by atoms with Crippen LogP contribution in [0.25, 0.3) is 17.2 Å². The van der Waals surface area contributed by atoms with Gasteiger partial charge >= 0.3 is 6.85 Å². The molecule has 0 bridgehead atoms. The van der Waals surface area contributed by atoms with E-state index in [1.54, 1.807) is 0 Å². The van der Waals surface area contributed by atoms with E-state index in [0.717, 1.165) is 0 Å². The first kappa shape index (κ1) is 12.3. The minimum Gasteiger partial charge on any atom is -0.389 e. The summed E-state index contributed by atoms with van der Waals surface area (Å²) in [6.07, 6.45) is 8.79. The van der Waals surface area contributed by atoms with E-state index in [1.807, 2.05) is 0 Å². The van der Waals surface area contributed by atoms with Gasteiger partial charge in [-0.15, -0.1) is 0 Å². The van der Waals surface area contributed by atoms with Crippen LogP contribution in [0.15, 0.2) is 78.6 Å². The molecular weight excluding hydrogens is 253 g/mol. The molecule has 2 aliphatic heterocycles. The lowest BCUT2D eigenvalue weighted by Crippen LogP contribution is -2.46. The van der Waals surface area contributed by atoms with E-state index in [4.69, 9.17) is 0 Å². The molecule has 4 rings (SSSR count). The molecule has 2 aromatic carbocycles. The van der Waals surface area contributed by atoms with Gasteiger partial charge in [-0.25, -0.2) is 0 Å². The predicted molar refractivity (Wildman–Crippen MR) is 91.0 cm³/mol. The van der Waals surface area contributed by atoms with Crippen LogP contribution in [0.3, 0.4) is 0 Å². The molecule has 0 amide bonds. The van der Waals surface area contributed by atoms with Gasteiger partial charge in [-0.2, -0.15) is 0 Å². The Morgan fingerprint density at radius 3 is 2.62 bits per heavy atom. The van der Waals surface area contributed by atoms with Crippen LogP contribution in [0.4, 0.5) is 0 Å². The van der Waals surface area contributed by atoms with Crippen molar-refractivity contribution in [3.05, 3.63) is 84.1 Å². The normalized spacial score (nSPS) is 15.6. The predicted octanol–water partition coefficient (Wildman–Crippen LogP) is 3.85. The van der Waals surface area contributed by atoms with E-state index < -0.39 is 0 Å². The monoisotopic (exact) mass is 269 g/mol. The summed E-state index contributed by atoms with van der Waals surface area (Å²) in [7, 11) is 0. The lowest BCUT2D eigenvalue weighted by Gasteiger charge is -2.30. The highest BCUT2D eigenvalue weighted by Gasteiger charge is 2.26. The Bertz CT molecular complexity index is 771. The minimum absolute atomic E-state index is 0.332. The second-order valence-corrected chi connectivity index (χ2v) is 5.65. The van der Waals surface area contributed by atoms with Crippen molar-refractivity contribution in [3.8, 4) is 11.1 Å². The first-order valence-corrected chi connectivity index (χ1v) is 7.33. The summed E-state index contributed by atoms with van der Waals surface area (Å²) in [6.45, 7) is 2.47. The number of hydrogen-bond acceptors (Lipinski definition) is 1. The molecule has 0 saturated carbocycles. The standard InChI is InChI=1S/C19H16BN/c1-15-9-11-20-19-8-7-17(16-5-3-2-4-6-16)13-18(19)10-12-21(20)14-15/h2-14H,1H3. The molecule has 21 heavy (non-hydrogen) atoms. The Hall–Kier alpha value is -2.48. The Labute approximate surface area is 126 Å². The molecular formula is C19H16BN.